The number of carbonyl (C=O) groups excluding carboxylic acids is 1. The molecule has 0 amide bonds. The molecule has 120 valence electrons. The summed E-state index contributed by atoms with van der Waals surface area (Å²) in [7, 11) is -1.24. The second-order valence-corrected chi connectivity index (χ2v) is 12.2. The Hall–Kier alpha value is -0.893. The molecule has 0 atom stereocenters. The summed E-state index contributed by atoms with van der Waals surface area (Å²) in [4.78, 5) is 11.5. The highest BCUT2D eigenvalue weighted by molar-refractivity contribution is 6.92. The zero-order valence-corrected chi connectivity index (χ0v) is 15.0. The minimum absolute atomic E-state index is 0.506. The van der Waals surface area contributed by atoms with Gasteiger partial charge in [-0.25, -0.2) is 0 Å². The molecule has 1 aromatic carbocycles. The summed E-state index contributed by atoms with van der Waals surface area (Å²) in [5.41, 5.74) is 0. The molecule has 0 unspecified atom stereocenters. The van der Waals surface area contributed by atoms with Crippen LogP contribution < -0.4 is 5.19 Å². The SMILES string of the molecule is CCC[Si]1(c2ccccc2)CCC(C2CCC(=O)CC2)CC1. The van der Waals surface area contributed by atoms with Crippen molar-refractivity contribution in [3.8, 4) is 0 Å². The molecular formula is C20H30OSi. The number of carbonyl (C=O) groups is 1. The fraction of sp³-hybridized carbons (Fsp3) is 0.650. The highest BCUT2D eigenvalue weighted by Crippen LogP contribution is 2.42. The molecule has 1 aromatic rings. The summed E-state index contributed by atoms with van der Waals surface area (Å²) in [6.45, 7) is 2.36. The standard InChI is InChI=1S/C20H30OSi/c1-2-14-22(20-6-4-3-5-7-20)15-12-18(13-16-22)17-8-10-19(21)11-9-17/h3-7,17-18H,2,8-16H2,1H3. The Labute approximate surface area is 136 Å². The molecule has 3 rings (SSSR count). The minimum atomic E-state index is -1.24. The summed E-state index contributed by atoms with van der Waals surface area (Å²) in [5, 5.41) is 1.70. The van der Waals surface area contributed by atoms with Gasteiger partial charge in [0.05, 0.1) is 8.07 Å². The van der Waals surface area contributed by atoms with Gasteiger partial charge in [0.25, 0.3) is 0 Å². The van der Waals surface area contributed by atoms with Crippen molar-refractivity contribution in [3.63, 3.8) is 0 Å². The van der Waals surface area contributed by atoms with Crippen molar-refractivity contribution in [1.29, 1.82) is 0 Å². The highest BCUT2D eigenvalue weighted by atomic mass is 28.3. The average molecular weight is 315 g/mol. The average Bonchev–Trinajstić information content (AvgIpc) is 2.57. The molecular weight excluding hydrogens is 284 g/mol. The van der Waals surface area contributed by atoms with Crippen molar-refractivity contribution >= 4 is 19.0 Å². The van der Waals surface area contributed by atoms with Crippen LogP contribution in [0.2, 0.25) is 18.1 Å². The topological polar surface area (TPSA) is 17.1 Å². The molecule has 0 aromatic heterocycles. The molecule has 0 N–H and O–H groups in total. The molecule has 0 radical (unpaired) electrons. The van der Waals surface area contributed by atoms with E-state index in [2.05, 4.69) is 37.3 Å². The van der Waals surface area contributed by atoms with Crippen LogP contribution in [0, 0.1) is 11.8 Å². The molecule has 0 spiro atoms. The zero-order chi connectivity index (χ0) is 15.4. The van der Waals surface area contributed by atoms with E-state index >= 15 is 0 Å². The lowest BCUT2D eigenvalue weighted by molar-refractivity contribution is -0.121. The van der Waals surface area contributed by atoms with Gasteiger partial charge in [0.15, 0.2) is 0 Å². The molecule has 1 saturated heterocycles. The maximum Gasteiger partial charge on any atom is 0.132 e. The molecule has 1 heterocycles. The fourth-order valence-corrected chi connectivity index (χ4v) is 10.4. The Morgan fingerprint density at radius 2 is 1.55 bits per heavy atom. The number of hydrogen-bond acceptors (Lipinski definition) is 1. The first-order valence-electron chi connectivity index (χ1n) is 9.31. The number of rotatable bonds is 4. The van der Waals surface area contributed by atoms with E-state index in [9.17, 15) is 4.79 Å². The summed E-state index contributed by atoms with van der Waals surface area (Å²) in [6.07, 6.45) is 8.27. The van der Waals surface area contributed by atoms with E-state index in [-0.39, 0.29) is 0 Å². The lowest BCUT2D eigenvalue weighted by atomic mass is 9.77. The Bertz CT molecular complexity index is 478. The third kappa shape index (κ3) is 3.37. The summed E-state index contributed by atoms with van der Waals surface area (Å²) in [6, 6.07) is 15.9. The Morgan fingerprint density at radius 1 is 0.955 bits per heavy atom. The summed E-state index contributed by atoms with van der Waals surface area (Å²) < 4.78 is 0. The third-order valence-corrected chi connectivity index (χ3v) is 11.9. The van der Waals surface area contributed by atoms with E-state index in [0.29, 0.717) is 5.78 Å². The maximum absolute atomic E-state index is 11.5. The molecule has 2 fully saturated rings. The quantitative estimate of drug-likeness (QED) is 0.721. The van der Waals surface area contributed by atoms with Crippen LogP contribution in [0.5, 0.6) is 0 Å². The van der Waals surface area contributed by atoms with Crippen molar-refractivity contribution in [3.05, 3.63) is 30.3 Å². The lowest BCUT2D eigenvalue weighted by Crippen LogP contribution is -2.50. The van der Waals surface area contributed by atoms with Crippen molar-refractivity contribution in [2.75, 3.05) is 0 Å². The molecule has 2 heteroatoms. The Balaban J connectivity index is 1.66. The second kappa shape index (κ2) is 7.12. The van der Waals surface area contributed by atoms with E-state index < -0.39 is 8.07 Å². The van der Waals surface area contributed by atoms with Gasteiger partial charge in [0, 0.05) is 12.8 Å². The van der Waals surface area contributed by atoms with E-state index in [1.807, 2.05) is 0 Å². The van der Waals surface area contributed by atoms with Crippen molar-refractivity contribution in [1.82, 2.24) is 0 Å². The fourth-order valence-electron chi connectivity index (χ4n) is 5.05. The predicted octanol–water partition coefficient (Wildman–Crippen LogP) is 4.92. The third-order valence-electron chi connectivity index (χ3n) is 6.36. The number of benzene rings is 1. The summed E-state index contributed by atoms with van der Waals surface area (Å²) in [5.74, 6) is 2.27. The van der Waals surface area contributed by atoms with Crippen LogP contribution in [0.25, 0.3) is 0 Å². The van der Waals surface area contributed by atoms with Crippen LogP contribution >= 0.6 is 0 Å². The monoisotopic (exact) mass is 314 g/mol. The maximum atomic E-state index is 11.5. The molecule has 22 heavy (non-hydrogen) atoms. The van der Waals surface area contributed by atoms with Crippen LogP contribution in [0.3, 0.4) is 0 Å². The minimum Gasteiger partial charge on any atom is -0.300 e. The molecule has 1 aliphatic carbocycles. The van der Waals surface area contributed by atoms with Gasteiger partial charge in [-0.3, -0.25) is 4.79 Å². The first-order chi connectivity index (χ1) is 10.7. The number of ketones is 1. The van der Waals surface area contributed by atoms with Crippen molar-refractivity contribution < 1.29 is 4.79 Å². The van der Waals surface area contributed by atoms with Gasteiger partial charge in [-0.1, -0.05) is 79.8 Å². The predicted molar refractivity (Wildman–Crippen MR) is 96.2 cm³/mol. The molecule has 2 aliphatic rings. The first-order valence-corrected chi connectivity index (χ1v) is 11.9. The van der Waals surface area contributed by atoms with Crippen LogP contribution in [0.1, 0.15) is 51.9 Å². The van der Waals surface area contributed by atoms with E-state index in [1.54, 1.807) is 5.19 Å². The molecule has 0 bridgehead atoms. The van der Waals surface area contributed by atoms with Gasteiger partial charge in [-0.2, -0.15) is 0 Å². The smallest absolute Gasteiger partial charge is 0.132 e. The van der Waals surface area contributed by atoms with Gasteiger partial charge in [-0.15, -0.1) is 0 Å². The molecule has 1 nitrogen and oxygen atoms in total. The highest BCUT2D eigenvalue weighted by Gasteiger charge is 2.40. The number of hydrogen-bond donors (Lipinski definition) is 0. The Kier molecular flexibility index (Phi) is 5.17. The zero-order valence-electron chi connectivity index (χ0n) is 14.0. The van der Waals surface area contributed by atoms with Crippen LogP contribution in [-0.2, 0) is 4.79 Å². The molecule has 1 aliphatic heterocycles. The van der Waals surface area contributed by atoms with Crippen molar-refractivity contribution in [2.24, 2.45) is 11.8 Å². The Morgan fingerprint density at radius 3 is 2.14 bits per heavy atom. The van der Waals surface area contributed by atoms with Crippen LogP contribution in [0.15, 0.2) is 30.3 Å². The van der Waals surface area contributed by atoms with Crippen molar-refractivity contribution in [2.45, 2.75) is 70.0 Å². The van der Waals surface area contributed by atoms with Gasteiger partial charge >= 0.3 is 0 Å². The van der Waals surface area contributed by atoms with E-state index in [4.69, 9.17) is 0 Å². The summed E-state index contributed by atoms with van der Waals surface area (Å²) >= 11 is 0. The van der Waals surface area contributed by atoms with E-state index in [1.165, 1.54) is 50.2 Å². The van der Waals surface area contributed by atoms with Crippen LogP contribution in [0.4, 0.5) is 0 Å². The number of Topliss-reactive ketones (excluding diaryl/α,β-unsaturated/α-hetero) is 1. The van der Waals surface area contributed by atoms with Gasteiger partial charge in [0.2, 0.25) is 0 Å². The second-order valence-electron chi connectivity index (χ2n) is 7.61. The van der Waals surface area contributed by atoms with E-state index in [0.717, 1.165) is 24.7 Å². The largest absolute Gasteiger partial charge is 0.300 e. The van der Waals surface area contributed by atoms with Gasteiger partial charge in [-0.05, 0) is 24.7 Å². The lowest BCUT2D eigenvalue weighted by Gasteiger charge is -2.42. The normalized spacial score (nSPS) is 30.4. The first kappa shape index (κ1) is 16.0. The van der Waals surface area contributed by atoms with Crippen LogP contribution in [-0.4, -0.2) is 13.9 Å². The van der Waals surface area contributed by atoms with Gasteiger partial charge in [0.1, 0.15) is 5.78 Å². The van der Waals surface area contributed by atoms with Gasteiger partial charge < -0.3 is 0 Å². The molecule has 1 saturated carbocycles.